The molecule has 2 aromatic rings. The van der Waals surface area contributed by atoms with E-state index in [1.54, 1.807) is 0 Å². The zero-order valence-electron chi connectivity index (χ0n) is 17.0. The number of unbranched alkanes of at least 4 members (excludes halogenated alkanes) is 1. The first-order valence-electron chi connectivity index (χ1n) is 10.6. The van der Waals surface area contributed by atoms with Crippen LogP contribution in [0.1, 0.15) is 44.1 Å². The number of nitrogens with two attached hydrogens (primary N) is 1. The Balaban J connectivity index is 1.52. The lowest BCUT2D eigenvalue weighted by Gasteiger charge is -2.31. The topological polar surface area (TPSA) is 75.4 Å². The smallest absolute Gasteiger partial charge is 0.323 e. The van der Waals surface area contributed by atoms with Gasteiger partial charge in [0, 0.05) is 12.6 Å². The average Bonchev–Trinajstić information content (AvgIpc) is 3.23. The molecule has 4 N–H and O–H groups in total. The lowest BCUT2D eigenvalue weighted by molar-refractivity contribution is -0.146. The molecule has 3 rings (SSSR count). The van der Waals surface area contributed by atoms with Gasteiger partial charge >= 0.3 is 5.97 Å². The number of hydrogen-bond acceptors (Lipinski definition) is 3. The summed E-state index contributed by atoms with van der Waals surface area (Å²) in [6.45, 7) is 0.782. The quantitative estimate of drug-likeness (QED) is 0.421. The first-order valence-corrected chi connectivity index (χ1v) is 10.6. The highest BCUT2D eigenvalue weighted by Gasteiger charge is 2.44. The van der Waals surface area contributed by atoms with E-state index in [0.29, 0.717) is 18.8 Å². The molecule has 152 valence electrons. The molecule has 0 spiro atoms. The fourth-order valence-corrected chi connectivity index (χ4v) is 4.39. The fourth-order valence-electron chi connectivity index (χ4n) is 4.39. The Morgan fingerprint density at radius 1 is 1.07 bits per heavy atom. The summed E-state index contributed by atoms with van der Waals surface area (Å²) in [7, 11) is 5.55. The van der Waals surface area contributed by atoms with Gasteiger partial charge in [-0.05, 0) is 48.3 Å². The summed E-state index contributed by atoms with van der Waals surface area (Å²) in [5.74, 6) is -0.868. The Morgan fingerprint density at radius 2 is 1.76 bits per heavy atom. The lowest BCUT2D eigenvalue weighted by atomic mass is 9.78. The van der Waals surface area contributed by atoms with E-state index in [-0.39, 0.29) is 5.92 Å². The molecule has 1 saturated carbocycles. The van der Waals surface area contributed by atoms with Gasteiger partial charge in [-0.1, -0.05) is 73.8 Å². The molecule has 4 nitrogen and oxygen atoms in total. The van der Waals surface area contributed by atoms with Crippen molar-refractivity contribution in [2.75, 3.05) is 0 Å². The monoisotopic (exact) mass is 390 g/mol. The van der Waals surface area contributed by atoms with Crippen LogP contribution in [0.25, 0.3) is 11.1 Å². The maximum Gasteiger partial charge on any atom is 0.323 e. The predicted molar refractivity (Wildman–Crippen MR) is 119 cm³/mol. The van der Waals surface area contributed by atoms with Crippen molar-refractivity contribution in [1.82, 2.24) is 5.32 Å². The highest BCUT2D eigenvalue weighted by molar-refractivity contribution is 6.08. The molecule has 0 aliphatic heterocycles. The third kappa shape index (κ3) is 5.49. The normalized spacial score (nSPS) is 21.0. The van der Waals surface area contributed by atoms with E-state index in [9.17, 15) is 9.90 Å². The van der Waals surface area contributed by atoms with E-state index in [1.165, 1.54) is 16.7 Å². The van der Waals surface area contributed by atoms with Crippen molar-refractivity contribution >= 4 is 13.8 Å². The summed E-state index contributed by atoms with van der Waals surface area (Å²) in [4.78, 5) is 11.9. The number of carboxylic acid groups (broad SMARTS) is 1. The maximum absolute atomic E-state index is 11.9. The Bertz CT molecular complexity index is 781. The van der Waals surface area contributed by atoms with E-state index in [2.05, 4.69) is 41.7 Å². The minimum atomic E-state index is -1.14. The number of carboxylic acids is 1. The van der Waals surface area contributed by atoms with Crippen LogP contribution >= 0.6 is 0 Å². The average molecular weight is 390 g/mol. The molecule has 1 aliphatic rings. The molecule has 29 heavy (non-hydrogen) atoms. The second kappa shape index (κ2) is 10.1. The van der Waals surface area contributed by atoms with Gasteiger partial charge in [-0.3, -0.25) is 4.79 Å². The van der Waals surface area contributed by atoms with E-state index in [4.69, 9.17) is 13.6 Å². The number of carbonyl (C=O) groups is 1. The molecule has 1 fully saturated rings. The van der Waals surface area contributed by atoms with Crippen molar-refractivity contribution in [3.05, 3.63) is 60.2 Å². The second-order valence-corrected chi connectivity index (χ2v) is 8.24. The van der Waals surface area contributed by atoms with Gasteiger partial charge < -0.3 is 16.2 Å². The minimum absolute atomic E-state index is 0.00994. The summed E-state index contributed by atoms with van der Waals surface area (Å²) < 4.78 is 0. The largest absolute Gasteiger partial charge is 0.480 e. The van der Waals surface area contributed by atoms with Crippen molar-refractivity contribution in [2.45, 2.75) is 63.0 Å². The van der Waals surface area contributed by atoms with Crippen LogP contribution in [-0.2, 0) is 11.3 Å². The summed E-state index contributed by atoms with van der Waals surface area (Å²) in [6, 6.07) is 19.3. The third-order valence-electron chi connectivity index (χ3n) is 6.26. The van der Waals surface area contributed by atoms with E-state index >= 15 is 0 Å². The van der Waals surface area contributed by atoms with Crippen LogP contribution < -0.4 is 11.1 Å². The molecule has 2 radical (unpaired) electrons. The lowest BCUT2D eigenvalue weighted by Crippen LogP contribution is -2.53. The van der Waals surface area contributed by atoms with Gasteiger partial charge in [0.05, 0.1) is 7.85 Å². The molecule has 0 aromatic heterocycles. The first-order chi connectivity index (χ1) is 14.0. The van der Waals surface area contributed by atoms with Crippen molar-refractivity contribution < 1.29 is 9.90 Å². The number of rotatable bonds is 10. The third-order valence-corrected chi connectivity index (χ3v) is 6.26. The van der Waals surface area contributed by atoms with Gasteiger partial charge in [0.2, 0.25) is 0 Å². The molecule has 0 heterocycles. The first kappa shape index (κ1) is 21.6. The molecule has 5 heteroatoms. The van der Waals surface area contributed by atoms with Gasteiger partial charge in [0.25, 0.3) is 0 Å². The molecule has 1 unspecified atom stereocenters. The molecular weight excluding hydrogens is 359 g/mol. The molecule has 0 saturated heterocycles. The van der Waals surface area contributed by atoms with Gasteiger partial charge in [-0.2, -0.15) is 0 Å². The summed E-state index contributed by atoms with van der Waals surface area (Å²) >= 11 is 0. The fraction of sp³-hybridized carbons (Fsp3) is 0.458. The van der Waals surface area contributed by atoms with Crippen LogP contribution in [0.15, 0.2) is 54.6 Å². The highest BCUT2D eigenvalue weighted by atomic mass is 16.4. The number of aliphatic carboxylic acids is 1. The van der Waals surface area contributed by atoms with Crippen LogP contribution in [0.5, 0.6) is 0 Å². The summed E-state index contributed by atoms with van der Waals surface area (Å²) in [5.41, 5.74) is 8.88. The van der Waals surface area contributed by atoms with Gasteiger partial charge in [-0.15, -0.1) is 0 Å². The molecule has 2 aromatic carbocycles. The van der Waals surface area contributed by atoms with Gasteiger partial charge in [0.1, 0.15) is 5.54 Å². The zero-order valence-corrected chi connectivity index (χ0v) is 17.0. The van der Waals surface area contributed by atoms with Gasteiger partial charge in [0.15, 0.2) is 0 Å². The van der Waals surface area contributed by atoms with Crippen LogP contribution in [0.3, 0.4) is 0 Å². The van der Waals surface area contributed by atoms with Crippen molar-refractivity contribution in [3.63, 3.8) is 0 Å². The molecule has 3 atom stereocenters. The van der Waals surface area contributed by atoms with Crippen molar-refractivity contribution in [2.24, 2.45) is 11.7 Å². The maximum atomic E-state index is 11.9. The van der Waals surface area contributed by atoms with Gasteiger partial charge in [-0.25, -0.2) is 0 Å². The SMILES string of the molecule is [B]CCCCC(N)(C(=O)O)[C@H]1CC[C@H](NCc2ccc(-c3ccccc3)cc2)C1. The Morgan fingerprint density at radius 3 is 2.41 bits per heavy atom. The Kier molecular flexibility index (Phi) is 7.51. The van der Waals surface area contributed by atoms with E-state index in [0.717, 1.165) is 38.6 Å². The van der Waals surface area contributed by atoms with Crippen molar-refractivity contribution in [3.8, 4) is 11.1 Å². The van der Waals surface area contributed by atoms with E-state index in [1.807, 2.05) is 18.2 Å². The van der Waals surface area contributed by atoms with E-state index < -0.39 is 11.5 Å². The van der Waals surface area contributed by atoms with Crippen molar-refractivity contribution in [1.29, 1.82) is 0 Å². The number of hydrogen-bond donors (Lipinski definition) is 3. The minimum Gasteiger partial charge on any atom is -0.480 e. The van der Waals surface area contributed by atoms with Crippen LogP contribution in [-0.4, -0.2) is 30.5 Å². The molecule has 0 bridgehead atoms. The molecule has 0 amide bonds. The van der Waals surface area contributed by atoms with Crippen LogP contribution in [0.2, 0.25) is 6.32 Å². The summed E-state index contributed by atoms with van der Waals surface area (Å²) in [5, 5.41) is 13.3. The second-order valence-electron chi connectivity index (χ2n) is 8.24. The Hall–Kier alpha value is -2.11. The zero-order chi connectivity index (χ0) is 20.7. The summed E-state index contributed by atoms with van der Waals surface area (Å²) in [6.07, 6.45) is 5.30. The predicted octanol–water partition coefficient (Wildman–Crippen LogP) is 4.15. The van der Waals surface area contributed by atoms with Crippen LogP contribution in [0, 0.1) is 5.92 Å². The number of nitrogens with one attached hydrogen (secondary N) is 1. The standard InChI is InChI=1S/C24H31BN2O2/c25-15-5-4-14-24(26,23(28)29)21-12-13-22(16-21)27-17-18-8-10-20(11-9-18)19-6-2-1-3-7-19/h1-3,6-11,21-22,27H,4-5,12-17,26H2,(H,28,29)/t21-,22-,24?/m0/s1. The molecular formula is C24H31BN2O2. The number of benzene rings is 2. The molecule has 1 aliphatic carbocycles. The highest BCUT2D eigenvalue weighted by Crippen LogP contribution is 2.36. The van der Waals surface area contributed by atoms with Crippen LogP contribution in [0.4, 0.5) is 0 Å². The Labute approximate surface area is 175 Å².